The minimum Gasteiger partial charge on any atom is -0.381 e. The molecule has 1 nitrogen and oxygen atoms in total. The van der Waals surface area contributed by atoms with Crippen molar-refractivity contribution in [1.29, 1.82) is 0 Å². The van der Waals surface area contributed by atoms with E-state index in [0.717, 1.165) is 6.42 Å². The van der Waals surface area contributed by atoms with Gasteiger partial charge in [0.1, 0.15) is 0 Å². The van der Waals surface area contributed by atoms with Gasteiger partial charge < -0.3 is 4.43 Å². The van der Waals surface area contributed by atoms with Gasteiger partial charge in [0.2, 0.25) is 0 Å². The SMILES string of the molecule is CCCCCCCCCCCCO[Si](Cl)(Cl)Cl. The van der Waals surface area contributed by atoms with E-state index in [4.69, 9.17) is 37.7 Å². The van der Waals surface area contributed by atoms with Gasteiger partial charge in [-0.25, -0.2) is 0 Å². The molecular weight excluding hydrogens is 295 g/mol. The first-order valence-electron chi connectivity index (χ1n) is 6.77. The molecule has 0 aliphatic carbocycles. The van der Waals surface area contributed by atoms with Crippen LogP contribution in [0.1, 0.15) is 71.1 Å². The van der Waals surface area contributed by atoms with Gasteiger partial charge in [-0.1, -0.05) is 97.9 Å². The molecule has 0 spiro atoms. The topological polar surface area (TPSA) is 9.23 Å². The molecule has 0 fully saturated rings. The number of rotatable bonds is 12. The Balaban J connectivity index is 2.99. The van der Waals surface area contributed by atoms with Crippen LogP contribution in [0.25, 0.3) is 0 Å². The normalized spacial score (nSPS) is 12.0. The van der Waals surface area contributed by atoms with E-state index in [-0.39, 0.29) is 0 Å². The standard InChI is InChI=1S/C12H25Cl3OSi/c1-2-3-4-5-6-7-8-9-10-11-12-16-17(13,14)15/h2-12H2,1H3. The highest BCUT2D eigenvalue weighted by atomic mass is 35.8. The van der Waals surface area contributed by atoms with Crippen molar-refractivity contribution in [3.63, 3.8) is 0 Å². The third-order valence-electron chi connectivity index (χ3n) is 2.76. The zero-order valence-corrected chi connectivity index (χ0v) is 14.1. The number of hydrogen-bond donors (Lipinski definition) is 0. The smallest absolute Gasteiger partial charge is 0.381 e. The predicted octanol–water partition coefficient (Wildman–Crippen LogP) is 6.08. The van der Waals surface area contributed by atoms with Gasteiger partial charge in [0.25, 0.3) is 0 Å². The summed E-state index contributed by atoms with van der Waals surface area (Å²) < 4.78 is 5.14. The molecule has 17 heavy (non-hydrogen) atoms. The van der Waals surface area contributed by atoms with Crippen LogP contribution >= 0.6 is 33.2 Å². The summed E-state index contributed by atoms with van der Waals surface area (Å²) in [6.45, 7) is 2.85. The molecule has 0 aromatic heterocycles. The molecule has 0 atom stereocenters. The van der Waals surface area contributed by atoms with E-state index in [9.17, 15) is 0 Å². The monoisotopic (exact) mass is 318 g/mol. The van der Waals surface area contributed by atoms with E-state index in [1.165, 1.54) is 57.8 Å². The summed E-state index contributed by atoms with van der Waals surface area (Å²) >= 11 is 16.8. The third-order valence-corrected chi connectivity index (χ3v) is 4.28. The van der Waals surface area contributed by atoms with Gasteiger partial charge >= 0.3 is 6.25 Å². The van der Waals surface area contributed by atoms with Gasteiger partial charge in [-0.15, -0.1) is 0 Å². The molecule has 104 valence electrons. The minimum absolute atomic E-state index is 0.596. The Morgan fingerprint density at radius 1 is 0.706 bits per heavy atom. The van der Waals surface area contributed by atoms with Crippen LogP contribution in [0.4, 0.5) is 0 Å². The molecule has 0 N–H and O–H groups in total. The highest BCUT2D eigenvalue weighted by molar-refractivity contribution is 7.62. The molecule has 0 rings (SSSR count). The Bertz CT molecular complexity index is 162. The Labute approximate surface area is 121 Å². The summed E-state index contributed by atoms with van der Waals surface area (Å²) in [6.07, 6.45) is 10.2. The lowest BCUT2D eigenvalue weighted by Gasteiger charge is -2.08. The van der Waals surface area contributed by atoms with E-state index in [0.29, 0.717) is 6.61 Å². The fourth-order valence-electron chi connectivity index (χ4n) is 1.78. The third kappa shape index (κ3) is 17.0. The first-order chi connectivity index (χ1) is 8.06. The summed E-state index contributed by atoms with van der Waals surface area (Å²) in [4.78, 5) is 0. The molecule has 0 heterocycles. The Morgan fingerprint density at radius 3 is 1.53 bits per heavy atom. The maximum absolute atomic E-state index is 5.60. The minimum atomic E-state index is -2.83. The van der Waals surface area contributed by atoms with E-state index >= 15 is 0 Å². The van der Waals surface area contributed by atoms with Crippen molar-refractivity contribution in [2.45, 2.75) is 71.1 Å². The zero-order chi connectivity index (χ0) is 13.0. The molecule has 0 aromatic carbocycles. The lowest BCUT2D eigenvalue weighted by Crippen LogP contribution is -2.16. The van der Waals surface area contributed by atoms with Gasteiger partial charge in [-0.3, -0.25) is 0 Å². The summed E-state index contributed by atoms with van der Waals surface area (Å²) in [5, 5.41) is 0. The van der Waals surface area contributed by atoms with Crippen molar-refractivity contribution < 1.29 is 4.43 Å². The van der Waals surface area contributed by atoms with Crippen molar-refractivity contribution >= 4 is 39.5 Å². The molecule has 0 saturated heterocycles. The number of unbranched alkanes of at least 4 members (excludes halogenated alkanes) is 9. The average Bonchev–Trinajstić information content (AvgIpc) is 2.24. The van der Waals surface area contributed by atoms with Crippen LogP contribution in [0, 0.1) is 0 Å². The van der Waals surface area contributed by atoms with Crippen molar-refractivity contribution in [1.82, 2.24) is 0 Å². The Kier molecular flexibility index (Phi) is 12.8. The predicted molar refractivity (Wildman–Crippen MR) is 81.1 cm³/mol. The first kappa shape index (κ1) is 18.0. The van der Waals surface area contributed by atoms with Crippen LogP contribution in [0.15, 0.2) is 0 Å². The van der Waals surface area contributed by atoms with E-state index in [1.54, 1.807) is 0 Å². The molecule has 0 aliphatic heterocycles. The Morgan fingerprint density at radius 2 is 1.12 bits per heavy atom. The van der Waals surface area contributed by atoms with Gasteiger partial charge in [0.15, 0.2) is 0 Å². The second-order valence-electron chi connectivity index (χ2n) is 4.48. The van der Waals surface area contributed by atoms with Crippen molar-refractivity contribution in [3.8, 4) is 0 Å². The molecule has 0 saturated carbocycles. The first-order valence-corrected chi connectivity index (χ1v) is 11.7. The molecule has 5 heteroatoms. The number of halogens is 3. The van der Waals surface area contributed by atoms with Gasteiger partial charge in [-0.2, -0.15) is 0 Å². The van der Waals surface area contributed by atoms with Gasteiger partial charge in [-0.05, 0) is 6.42 Å². The zero-order valence-electron chi connectivity index (χ0n) is 10.8. The van der Waals surface area contributed by atoms with Crippen LogP contribution in [0.2, 0.25) is 0 Å². The summed E-state index contributed by atoms with van der Waals surface area (Å²) in [5.74, 6) is 0. The lowest BCUT2D eigenvalue weighted by molar-refractivity contribution is 0.320. The molecule has 0 bridgehead atoms. The number of hydrogen-bond acceptors (Lipinski definition) is 1. The van der Waals surface area contributed by atoms with Crippen LogP contribution in [-0.4, -0.2) is 12.9 Å². The molecular formula is C12H25Cl3OSi. The maximum Gasteiger partial charge on any atom is 0.493 e. The van der Waals surface area contributed by atoms with E-state index in [1.807, 2.05) is 0 Å². The van der Waals surface area contributed by atoms with Crippen molar-refractivity contribution in [2.75, 3.05) is 6.61 Å². The molecule has 0 aromatic rings. The summed E-state index contributed by atoms with van der Waals surface area (Å²) in [5.41, 5.74) is 0. The van der Waals surface area contributed by atoms with Crippen LogP contribution in [0.3, 0.4) is 0 Å². The second-order valence-corrected chi connectivity index (χ2v) is 12.2. The highest BCUT2D eigenvalue weighted by Crippen LogP contribution is 2.21. The van der Waals surface area contributed by atoms with Crippen LogP contribution in [0.5, 0.6) is 0 Å². The largest absolute Gasteiger partial charge is 0.493 e. The van der Waals surface area contributed by atoms with Crippen molar-refractivity contribution in [3.05, 3.63) is 0 Å². The Hall–Kier alpha value is 1.05. The van der Waals surface area contributed by atoms with E-state index in [2.05, 4.69) is 6.92 Å². The van der Waals surface area contributed by atoms with Gasteiger partial charge in [0.05, 0.1) is 0 Å². The van der Waals surface area contributed by atoms with Crippen LogP contribution < -0.4 is 0 Å². The lowest BCUT2D eigenvalue weighted by atomic mass is 10.1. The van der Waals surface area contributed by atoms with E-state index < -0.39 is 6.25 Å². The van der Waals surface area contributed by atoms with Gasteiger partial charge in [0, 0.05) is 6.61 Å². The highest BCUT2D eigenvalue weighted by Gasteiger charge is 2.26. The fraction of sp³-hybridized carbons (Fsp3) is 1.00. The maximum atomic E-state index is 5.60. The average molecular weight is 320 g/mol. The molecule has 0 unspecified atom stereocenters. The summed E-state index contributed by atoms with van der Waals surface area (Å²) in [6, 6.07) is 0. The fourth-order valence-corrected chi connectivity index (χ4v) is 2.85. The second kappa shape index (κ2) is 12.1. The molecule has 0 radical (unpaired) electrons. The molecule has 0 amide bonds. The summed E-state index contributed by atoms with van der Waals surface area (Å²) in [7, 11) is 0. The van der Waals surface area contributed by atoms with Crippen molar-refractivity contribution in [2.24, 2.45) is 0 Å². The quantitative estimate of drug-likeness (QED) is 0.241. The van der Waals surface area contributed by atoms with Crippen LogP contribution in [-0.2, 0) is 4.43 Å². The molecule has 0 aliphatic rings.